The lowest BCUT2D eigenvalue weighted by Gasteiger charge is -2.28. The molecule has 0 N–H and O–H groups in total. The van der Waals surface area contributed by atoms with E-state index in [-0.39, 0.29) is 0 Å². The maximum atomic E-state index is 6.49. The predicted molar refractivity (Wildman–Crippen MR) is 280 cm³/mol. The van der Waals surface area contributed by atoms with E-state index >= 15 is 0 Å². The molecule has 66 heavy (non-hydrogen) atoms. The first-order chi connectivity index (χ1) is 32.7. The van der Waals surface area contributed by atoms with Crippen LogP contribution in [0.3, 0.4) is 0 Å². The highest BCUT2D eigenvalue weighted by Gasteiger charge is 2.20. The van der Waals surface area contributed by atoms with Gasteiger partial charge in [0.1, 0.15) is 11.2 Å². The molecule has 0 unspecified atom stereocenters. The summed E-state index contributed by atoms with van der Waals surface area (Å²) in [5.74, 6) is 0. The van der Waals surface area contributed by atoms with Gasteiger partial charge in [-0.1, -0.05) is 200 Å². The number of hydrogen-bond donors (Lipinski definition) is 0. The van der Waals surface area contributed by atoms with Crippen LogP contribution in [-0.4, -0.2) is 0 Å². The van der Waals surface area contributed by atoms with E-state index in [1.165, 1.54) is 65.3 Å². The van der Waals surface area contributed by atoms with Gasteiger partial charge in [0.15, 0.2) is 0 Å². The molecule has 13 aromatic rings. The second kappa shape index (κ2) is 15.5. The second-order valence-electron chi connectivity index (χ2n) is 17.2. The molecule has 1 aromatic heterocycles. The summed E-state index contributed by atoms with van der Waals surface area (Å²) in [6.45, 7) is 0. The van der Waals surface area contributed by atoms with Gasteiger partial charge in [0.25, 0.3) is 0 Å². The van der Waals surface area contributed by atoms with Gasteiger partial charge in [-0.15, -0.1) is 0 Å². The van der Waals surface area contributed by atoms with Crippen molar-refractivity contribution in [3.8, 4) is 44.5 Å². The zero-order chi connectivity index (χ0) is 43.6. The highest BCUT2D eigenvalue weighted by atomic mass is 16.3. The third-order valence-corrected chi connectivity index (χ3v) is 13.5. The molecule has 0 amide bonds. The summed E-state index contributed by atoms with van der Waals surface area (Å²) < 4.78 is 6.49. The van der Waals surface area contributed by atoms with Crippen LogP contribution >= 0.6 is 0 Å². The van der Waals surface area contributed by atoms with Crippen molar-refractivity contribution < 1.29 is 4.42 Å². The Hall–Kier alpha value is -8.72. The first kappa shape index (κ1) is 37.8. The van der Waals surface area contributed by atoms with Crippen molar-refractivity contribution in [1.82, 2.24) is 0 Å². The molecule has 12 aromatic carbocycles. The molecule has 0 saturated heterocycles. The summed E-state index contributed by atoms with van der Waals surface area (Å²) >= 11 is 0. The molecule has 2 nitrogen and oxygen atoms in total. The van der Waals surface area contributed by atoms with Crippen LogP contribution in [0, 0.1) is 0 Å². The van der Waals surface area contributed by atoms with E-state index in [0.29, 0.717) is 0 Å². The molecule has 0 atom stereocenters. The van der Waals surface area contributed by atoms with Gasteiger partial charge in [-0.3, -0.25) is 0 Å². The molecule has 0 spiro atoms. The normalized spacial score (nSPS) is 11.6. The fourth-order valence-corrected chi connectivity index (χ4v) is 10.3. The number of rotatable bonds is 7. The Morgan fingerprint density at radius 2 is 0.742 bits per heavy atom. The van der Waals surface area contributed by atoms with Crippen LogP contribution < -0.4 is 4.90 Å². The SMILES string of the molecule is c1cc(-c2ccccc2N(c2ccc(-c3ccc4c5ccccc5c5ccccc5c4c3)cc2)c2ccc(-c3cccc4c3oc3ccccc34)cc2)cc(-c2cccc3ccccc23)c1. The largest absolute Gasteiger partial charge is 0.455 e. The van der Waals surface area contributed by atoms with Crippen LogP contribution in [0.15, 0.2) is 253 Å². The van der Waals surface area contributed by atoms with Gasteiger partial charge in [0, 0.05) is 33.3 Å². The number of hydrogen-bond acceptors (Lipinski definition) is 2. The van der Waals surface area contributed by atoms with E-state index in [2.05, 4.69) is 241 Å². The Morgan fingerprint density at radius 3 is 1.48 bits per heavy atom. The Kier molecular flexibility index (Phi) is 8.89. The van der Waals surface area contributed by atoms with Crippen LogP contribution in [0.25, 0.3) is 110 Å². The van der Waals surface area contributed by atoms with Crippen molar-refractivity contribution in [2.75, 3.05) is 4.90 Å². The van der Waals surface area contributed by atoms with Crippen LogP contribution in [0.1, 0.15) is 0 Å². The van der Waals surface area contributed by atoms with Gasteiger partial charge >= 0.3 is 0 Å². The summed E-state index contributed by atoms with van der Waals surface area (Å²) in [6.07, 6.45) is 0. The number of furan rings is 1. The van der Waals surface area contributed by atoms with Crippen molar-refractivity contribution in [1.29, 1.82) is 0 Å². The molecule has 0 radical (unpaired) electrons. The van der Waals surface area contributed by atoms with E-state index < -0.39 is 0 Å². The van der Waals surface area contributed by atoms with Crippen LogP contribution in [0.4, 0.5) is 17.1 Å². The summed E-state index contributed by atoms with van der Waals surface area (Å²) in [4.78, 5) is 2.40. The first-order valence-electron chi connectivity index (χ1n) is 22.7. The lowest BCUT2D eigenvalue weighted by atomic mass is 9.92. The Labute approximate surface area is 382 Å². The lowest BCUT2D eigenvalue weighted by Crippen LogP contribution is -2.11. The second-order valence-corrected chi connectivity index (χ2v) is 17.2. The zero-order valence-corrected chi connectivity index (χ0v) is 36.0. The molecular formula is C64H41NO. The van der Waals surface area contributed by atoms with Gasteiger partial charge in [-0.25, -0.2) is 0 Å². The third-order valence-electron chi connectivity index (χ3n) is 13.5. The Bertz CT molecular complexity index is 3950. The standard InChI is InChI=1S/C64H41NO/c1-2-18-50-43(14-1)15-12-25-51(50)46-16-11-17-47(40-46)52-19-7-9-28-62(52)65(49-37-32-44(33-38-49)53-26-13-27-60-59-24-8-10-29-63(59)66-64(53)60)48-35-30-42(31-36-48)45-34-39-58-56-22-4-3-20-54(56)55-21-5-6-23-57(55)61(58)41-45/h1-41H. The third kappa shape index (κ3) is 6.26. The van der Waals surface area contributed by atoms with Gasteiger partial charge in [-0.2, -0.15) is 0 Å². The topological polar surface area (TPSA) is 16.4 Å². The summed E-state index contributed by atoms with van der Waals surface area (Å²) in [5, 5.41) is 12.4. The van der Waals surface area contributed by atoms with Crippen molar-refractivity contribution in [3.05, 3.63) is 249 Å². The number of benzene rings is 12. The number of nitrogens with zero attached hydrogens (tertiary/aromatic N) is 1. The monoisotopic (exact) mass is 839 g/mol. The van der Waals surface area contributed by atoms with E-state index in [0.717, 1.165) is 61.3 Å². The minimum atomic E-state index is 0.901. The van der Waals surface area contributed by atoms with Crippen LogP contribution in [-0.2, 0) is 0 Å². The van der Waals surface area contributed by atoms with E-state index in [1.54, 1.807) is 0 Å². The Morgan fingerprint density at radius 1 is 0.258 bits per heavy atom. The van der Waals surface area contributed by atoms with Gasteiger partial charge in [0.2, 0.25) is 0 Å². The molecule has 13 rings (SSSR count). The minimum Gasteiger partial charge on any atom is -0.455 e. The van der Waals surface area contributed by atoms with Crippen molar-refractivity contribution >= 4 is 82.1 Å². The fourth-order valence-electron chi connectivity index (χ4n) is 10.3. The minimum absolute atomic E-state index is 0.901. The molecule has 0 bridgehead atoms. The van der Waals surface area contributed by atoms with Crippen LogP contribution in [0.2, 0.25) is 0 Å². The highest BCUT2D eigenvalue weighted by molar-refractivity contribution is 6.25. The Balaban J connectivity index is 0.942. The highest BCUT2D eigenvalue weighted by Crippen LogP contribution is 2.44. The molecule has 0 saturated carbocycles. The molecular weight excluding hydrogens is 799 g/mol. The predicted octanol–water partition coefficient (Wildman–Crippen LogP) is 18.3. The quantitative estimate of drug-likeness (QED) is 0.149. The van der Waals surface area contributed by atoms with Crippen molar-refractivity contribution in [3.63, 3.8) is 0 Å². The molecule has 0 aliphatic heterocycles. The maximum Gasteiger partial charge on any atom is 0.143 e. The van der Waals surface area contributed by atoms with Crippen molar-refractivity contribution in [2.24, 2.45) is 0 Å². The van der Waals surface area contributed by atoms with Crippen molar-refractivity contribution in [2.45, 2.75) is 0 Å². The molecule has 0 fully saturated rings. The fraction of sp³-hybridized carbons (Fsp3) is 0. The lowest BCUT2D eigenvalue weighted by molar-refractivity contribution is 0.670. The zero-order valence-electron chi connectivity index (χ0n) is 36.0. The number of fused-ring (bicyclic) bond motifs is 10. The van der Waals surface area contributed by atoms with Crippen LogP contribution in [0.5, 0.6) is 0 Å². The molecule has 308 valence electrons. The van der Waals surface area contributed by atoms with E-state index in [4.69, 9.17) is 4.42 Å². The van der Waals surface area contributed by atoms with Gasteiger partial charge in [-0.05, 0) is 125 Å². The van der Waals surface area contributed by atoms with Gasteiger partial charge in [0.05, 0.1) is 5.69 Å². The van der Waals surface area contributed by atoms with Gasteiger partial charge < -0.3 is 9.32 Å². The molecule has 0 aliphatic rings. The number of para-hydroxylation sites is 3. The maximum absolute atomic E-state index is 6.49. The molecule has 0 aliphatic carbocycles. The summed E-state index contributed by atoms with van der Waals surface area (Å²) in [5.41, 5.74) is 14.3. The first-order valence-corrected chi connectivity index (χ1v) is 22.7. The van der Waals surface area contributed by atoms with E-state index in [9.17, 15) is 0 Å². The summed E-state index contributed by atoms with van der Waals surface area (Å²) in [7, 11) is 0. The smallest absolute Gasteiger partial charge is 0.143 e. The number of anilines is 3. The average molecular weight is 840 g/mol. The molecule has 2 heteroatoms. The molecule has 1 heterocycles. The van der Waals surface area contributed by atoms with E-state index in [1.807, 2.05) is 12.1 Å². The summed E-state index contributed by atoms with van der Waals surface area (Å²) in [6, 6.07) is 90.2. The average Bonchev–Trinajstić information content (AvgIpc) is 3.78.